The summed E-state index contributed by atoms with van der Waals surface area (Å²) in [4.78, 5) is 14.6. The van der Waals surface area contributed by atoms with Crippen molar-refractivity contribution >= 4 is 16.0 Å². The molecule has 0 spiro atoms. The van der Waals surface area contributed by atoms with Crippen molar-refractivity contribution < 1.29 is 21.8 Å². The lowest BCUT2D eigenvalue weighted by Gasteiger charge is -2.35. The van der Waals surface area contributed by atoms with Crippen molar-refractivity contribution in [2.45, 2.75) is 57.0 Å². The molecule has 0 radical (unpaired) electrons. The molecule has 0 N–H and O–H groups in total. The minimum Gasteiger partial charge on any atom is -0.379 e. The van der Waals surface area contributed by atoms with Crippen LogP contribution in [0, 0.1) is 11.7 Å². The second-order valence-corrected chi connectivity index (χ2v) is 9.03. The minimum atomic E-state index is -4.04. The van der Waals surface area contributed by atoms with Crippen molar-refractivity contribution in [3.63, 3.8) is 0 Å². The molecule has 0 unspecified atom stereocenters. The molecule has 5 nitrogen and oxygen atoms in total. The van der Waals surface area contributed by atoms with Crippen LogP contribution in [0.1, 0.15) is 45.1 Å². The van der Waals surface area contributed by atoms with E-state index in [0.717, 1.165) is 55.5 Å². The fourth-order valence-electron chi connectivity index (χ4n) is 3.18. The number of amides is 1. The molecule has 0 saturated heterocycles. The summed E-state index contributed by atoms with van der Waals surface area (Å²) in [5, 5.41) is 0. The lowest BCUT2D eigenvalue weighted by atomic mass is 9.84. The third-order valence-electron chi connectivity index (χ3n) is 5.44. The van der Waals surface area contributed by atoms with Crippen molar-refractivity contribution in [3.05, 3.63) is 59.9 Å². The molecule has 0 heterocycles. The van der Waals surface area contributed by atoms with E-state index in [2.05, 4.69) is 6.92 Å². The van der Waals surface area contributed by atoms with Crippen LogP contribution in [0.3, 0.4) is 0 Å². The molecule has 1 aliphatic rings. The molecule has 1 aliphatic carbocycles. The normalized spacial score (nSPS) is 15.4. The first-order valence-electron chi connectivity index (χ1n) is 9.89. The predicted octanol–water partition coefficient (Wildman–Crippen LogP) is 4.52. The Morgan fingerprint density at radius 3 is 2.28 bits per heavy atom. The largest absolute Gasteiger partial charge is 0.379 e. The quantitative estimate of drug-likeness (QED) is 0.590. The van der Waals surface area contributed by atoms with Gasteiger partial charge >= 0.3 is 10.1 Å². The van der Waals surface area contributed by atoms with Crippen molar-refractivity contribution in [1.29, 1.82) is 0 Å². The van der Waals surface area contributed by atoms with E-state index in [9.17, 15) is 17.6 Å². The van der Waals surface area contributed by atoms with Crippen LogP contribution in [0.25, 0.3) is 0 Å². The number of hydrogen-bond donors (Lipinski definition) is 0. The molecule has 2 aromatic rings. The van der Waals surface area contributed by atoms with Crippen molar-refractivity contribution in [2.75, 3.05) is 0 Å². The van der Waals surface area contributed by atoms with E-state index < -0.39 is 15.9 Å². The fourth-order valence-corrected chi connectivity index (χ4v) is 4.11. The van der Waals surface area contributed by atoms with Gasteiger partial charge in [0.15, 0.2) is 0 Å². The number of benzene rings is 2. The van der Waals surface area contributed by atoms with Gasteiger partial charge in [-0.25, -0.2) is 4.39 Å². The Labute approximate surface area is 171 Å². The Hall–Kier alpha value is -2.41. The first-order valence-corrected chi connectivity index (χ1v) is 11.3. The van der Waals surface area contributed by atoms with Crippen molar-refractivity contribution in [3.8, 4) is 5.75 Å². The lowest BCUT2D eigenvalue weighted by Crippen LogP contribution is -2.43. The van der Waals surface area contributed by atoms with Crippen LogP contribution in [0.5, 0.6) is 5.75 Å². The van der Waals surface area contributed by atoms with Gasteiger partial charge in [0.1, 0.15) is 16.5 Å². The highest BCUT2D eigenvalue weighted by atomic mass is 32.2. The monoisotopic (exact) mass is 419 g/mol. The maximum absolute atomic E-state index is 13.0. The maximum Gasteiger partial charge on any atom is 0.339 e. The Morgan fingerprint density at radius 1 is 1.14 bits per heavy atom. The van der Waals surface area contributed by atoms with Crippen LogP contribution in [0.4, 0.5) is 4.39 Å². The minimum absolute atomic E-state index is 0.114. The van der Waals surface area contributed by atoms with Gasteiger partial charge in [0.2, 0.25) is 5.91 Å². The Balaban J connectivity index is 1.70. The number of carbonyl (C=O) groups is 1. The molecule has 0 aliphatic heterocycles. The summed E-state index contributed by atoms with van der Waals surface area (Å²) in [5.41, 5.74) is 0.907. The maximum atomic E-state index is 13.0. The van der Waals surface area contributed by atoms with Gasteiger partial charge in [-0.15, -0.1) is 0 Å². The molecular weight excluding hydrogens is 393 g/mol. The van der Waals surface area contributed by atoms with Gasteiger partial charge in [-0.05, 0) is 68.1 Å². The molecule has 3 rings (SSSR count). The molecular formula is C22H26FNO4S. The molecule has 1 saturated carbocycles. The van der Waals surface area contributed by atoms with E-state index in [1.165, 1.54) is 0 Å². The zero-order valence-corrected chi connectivity index (χ0v) is 17.5. The van der Waals surface area contributed by atoms with E-state index >= 15 is 0 Å². The average Bonchev–Trinajstić information content (AvgIpc) is 2.65. The van der Waals surface area contributed by atoms with E-state index in [-0.39, 0.29) is 28.5 Å². The Kier molecular flexibility index (Phi) is 6.57. The fraction of sp³-hybridized carbons (Fsp3) is 0.409. The zero-order chi connectivity index (χ0) is 21.0. The molecule has 156 valence electrons. The van der Waals surface area contributed by atoms with Crippen LogP contribution in [-0.4, -0.2) is 25.3 Å². The number of hydrogen-bond acceptors (Lipinski definition) is 4. The topological polar surface area (TPSA) is 63.7 Å². The summed E-state index contributed by atoms with van der Waals surface area (Å²) in [6.07, 6.45) is 3.90. The van der Waals surface area contributed by atoms with E-state index in [4.69, 9.17) is 4.18 Å². The highest BCUT2D eigenvalue weighted by Gasteiger charge is 2.31. The second-order valence-electron chi connectivity index (χ2n) is 7.49. The molecule has 0 bridgehead atoms. The summed E-state index contributed by atoms with van der Waals surface area (Å²) in [7, 11) is -4.04. The number of carbonyl (C=O) groups excluding carboxylic acids is 1. The third kappa shape index (κ3) is 5.15. The Bertz CT molecular complexity index is 938. The van der Waals surface area contributed by atoms with Crippen LogP contribution >= 0.6 is 0 Å². The molecule has 2 aromatic carbocycles. The van der Waals surface area contributed by atoms with Crippen LogP contribution in [0.2, 0.25) is 0 Å². The first kappa shape index (κ1) is 21.3. The number of rotatable bonds is 8. The SMILES string of the molecule is CC[C@H](C)N(Cc1ccc(OS(=O)(=O)c2ccc(F)cc2)cc1)C(=O)C1CCC1. The van der Waals surface area contributed by atoms with Gasteiger partial charge in [0.05, 0.1) is 0 Å². The van der Waals surface area contributed by atoms with Gasteiger partial charge < -0.3 is 9.08 Å². The third-order valence-corrected chi connectivity index (χ3v) is 6.71. The molecule has 0 aromatic heterocycles. The van der Waals surface area contributed by atoms with Gasteiger partial charge in [-0.1, -0.05) is 25.5 Å². The first-order chi connectivity index (χ1) is 13.8. The average molecular weight is 420 g/mol. The van der Waals surface area contributed by atoms with E-state index in [0.29, 0.717) is 6.54 Å². The molecule has 1 amide bonds. The van der Waals surface area contributed by atoms with Crippen LogP contribution in [0.15, 0.2) is 53.4 Å². The molecule has 1 fully saturated rings. The Morgan fingerprint density at radius 2 is 1.76 bits per heavy atom. The van der Waals surface area contributed by atoms with Crippen molar-refractivity contribution in [1.82, 2.24) is 4.90 Å². The van der Waals surface area contributed by atoms with Gasteiger partial charge in [0.25, 0.3) is 0 Å². The predicted molar refractivity (Wildman–Crippen MR) is 108 cm³/mol. The summed E-state index contributed by atoms with van der Waals surface area (Å²) in [6.45, 7) is 4.58. The number of nitrogens with zero attached hydrogens (tertiary/aromatic N) is 1. The van der Waals surface area contributed by atoms with E-state index in [1.807, 2.05) is 11.8 Å². The van der Waals surface area contributed by atoms with Gasteiger partial charge in [-0.2, -0.15) is 8.42 Å². The zero-order valence-electron chi connectivity index (χ0n) is 16.7. The summed E-state index contributed by atoms with van der Waals surface area (Å²) in [5.74, 6) is -0.0219. The standard InChI is InChI=1S/C22H26FNO4S/c1-3-16(2)24(22(25)18-5-4-6-18)15-17-7-11-20(12-8-17)28-29(26,27)21-13-9-19(23)10-14-21/h7-14,16,18H,3-6,15H2,1-2H3/t16-/m0/s1. The molecule has 29 heavy (non-hydrogen) atoms. The molecule has 1 atom stereocenters. The van der Waals surface area contributed by atoms with Crippen LogP contribution in [-0.2, 0) is 21.5 Å². The van der Waals surface area contributed by atoms with Crippen molar-refractivity contribution in [2.24, 2.45) is 5.92 Å². The highest BCUT2D eigenvalue weighted by molar-refractivity contribution is 7.87. The molecule has 7 heteroatoms. The lowest BCUT2D eigenvalue weighted by molar-refractivity contribution is -0.141. The second kappa shape index (κ2) is 8.95. The van der Waals surface area contributed by atoms with E-state index in [1.54, 1.807) is 24.3 Å². The van der Waals surface area contributed by atoms with Gasteiger partial charge in [0, 0.05) is 18.5 Å². The summed E-state index contributed by atoms with van der Waals surface area (Å²) in [6, 6.07) is 11.3. The highest BCUT2D eigenvalue weighted by Crippen LogP contribution is 2.30. The summed E-state index contributed by atoms with van der Waals surface area (Å²) < 4.78 is 42.8. The van der Waals surface area contributed by atoms with Crippen LogP contribution < -0.4 is 4.18 Å². The van der Waals surface area contributed by atoms with Gasteiger partial charge in [-0.3, -0.25) is 4.79 Å². The smallest absolute Gasteiger partial charge is 0.339 e. The number of halogens is 1. The summed E-state index contributed by atoms with van der Waals surface area (Å²) >= 11 is 0.